The Kier molecular flexibility index (Phi) is 23.7. The van der Waals surface area contributed by atoms with Gasteiger partial charge in [0.1, 0.15) is 0 Å². The first kappa shape index (κ1) is 28.0. The highest BCUT2D eigenvalue weighted by Gasteiger charge is 2.05. The minimum absolute atomic E-state index is 0.500. The van der Waals surface area contributed by atoms with Crippen molar-refractivity contribution in [3.8, 4) is 0 Å². The fourth-order valence-corrected chi connectivity index (χ4v) is 1.84. The molecule has 0 bridgehead atoms. The monoisotopic (exact) mass is 336 g/mol. The van der Waals surface area contributed by atoms with E-state index in [-0.39, 0.29) is 0 Å². The summed E-state index contributed by atoms with van der Waals surface area (Å²) in [6.45, 7) is 21.4. The Morgan fingerprint density at radius 3 is 1.33 bits per heavy atom. The van der Waals surface area contributed by atoms with E-state index in [1.165, 1.54) is 44.1 Å². The third kappa shape index (κ3) is 37.5. The van der Waals surface area contributed by atoms with Crippen LogP contribution in [0.2, 0.25) is 0 Å². The molecule has 144 valence electrons. The zero-order valence-corrected chi connectivity index (χ0v) is 18.7. The summed E-state index contributed by atoms with van der Waals surface area (Å²) in [6.07, 6.45) is 8.69. The van der Waals surface area contributed by atoms with Crippen LogP contribution in [0.25, 0.3) is 0 Å². The molecular weight excluding hydrogens is 288 g/mol. The molecule has 0 N–H and O–H groups in total. The second-order valence-electron chi connectivity index (χ2n) is 8.10. The Morgan fingerprint density at radius 2 is 1.17 bits per heavy atom. The zero-order chi connectivity index (χ0) is 19.4. The predicted octanol–water partition coefficient (Wildman–Crippen LogP) is 9.08. The topological polar surface area (TPSA) is 0 Å². The van der Waals surface area contributed by atoms with Crippen molar-refractivity contribution in [2.45, 2.75) is 108 Å². The van der Waals surface area contributed by atoms with E-state index < -0.39 is 0 Å². The molecule has 0 heterocycles. The van der Waals surface area contributed by atoms with Crippen LogP contribution in [0, 0.1) is 18.3 Å². The first-order chi connectivity index (χ1) is 11.2. The summed E-state index contributed by atoms with van der Waals surface area (Å²) in [5.41, 5.74) is 1.82. The average Bonchev–Trinajstić information content (AvgIpc) is 2.51. The lowest BCUT2D eigenvalue weighted by Crippen LogP contribution is -1.99. The second-order valence-corrected chi connectivity index (χ2v) is 8.10. The number of hydrogen-bond acceptors (Lipinski definition) is 0. The normalized spacial score (nSPS) is 13.4. The van der Waals surface area contributed by atoms with Crippen LogP contribution in [-0.4, -0.2) is 0 Å². The molecule has 1 fully saturated rings. The van der Waals surface area contributed by atoms with Gasteiger partial charge in [-0.15, -0.1) is 0 Å². The fraction of sp³-hybridized carbons (Fsp3) is 0.750. The summed E-state index contributed by atoms with van der Waals surface area (Å²) in [4.78, 5) is 0. The van der Waals surface area contributed by atoms with Gasteiger partial charge >= 0.3 is 0 Å². The van der Waals surface area contributed by atoms with Crippen molar-refractivity contribution < 1.29 is 0 Å². The number of benzene rings is 1. The number of hydrogen-bond donors (Lipinski definition) is 0. The molecule has 0 radical (unpaired) electrons. The quantitative estimate of drug-likeness (QED) is 0.443. The Morgan fingerprint density at radius 1 is 0.833 bits per heavy atom. The molecule has 2 rings (SSSR count). The third-order valence-electron chi connectivity index (χ3n) is 2.83. The summed E-state index contributed by atoms with van der Waals surface area (Å²) < 4.78 is 0. The predicted molar refractivity (Wildman–Crippen MR) is 116 cm³/mol. The molecule has 0 unspecified atom stereocenters. The van der Waals surface area contributed by atoms with Crippen LogP contribution in [0.1, 0.15) is 106 Å². The maximum absolute atomic E-state index is 2.36. The van der Waals surface area contributed by atoms with Gasteiger partial charge in [-0.2, -0.15) is 0 Å². The lowest BCUT2D eigenvalue weighted by Gasteiger charge is -2.15. The van der Waals surface area contributed by atoms with Crippen LogP contribution in [0.4, 0.5) is 0 Å². The molecule has 0 aromatic heterocycles. The lowest BCUT2D eigenvalue weighted by atomic mass is 9.91. The minimum atomic E-state index is 0.500. The van der Waals surface area contributed by atoms with Crippen molar-refractivity contribution in [2.24, 2.45) is 11.3 Å². The van der Waals surface area contributed by atoms with E-state index in [1.807, 2.05) is 32.0 Å². The van der Waals surface area contributed by atoms with Gasteiger partial charge in [0.15, 0.2) is 0 Å². The van der Waals surface area contributed by atoms with Gasteiger partial charge in [-0.05, 0) is 18.3 Å². The molecule has 1 aromatic rings. The molecule has 0 aliphatic heterocycles. The second kappa shape index (κ2) is 20.3. The van der Waals surface area contributed by atoms with Crippen LogP contribution >= 0.6 is 0 Å². The van der Waals surface area contributed by atoms with Crippen LogP contribution in [0.15, 0.2) is 30.3 Å². The summed E-state index contributed by atoms with van der Waals surface area (Å²) in [5, 5.41) is 0. The van der Waals surface area contributed by atoms with Crippen molar-refractivity contribution in [2.75, 3.05) is 0 Å². The van der Waals surface area contributed by atoms with Gasteiger partial charge in [-0.1, -0.05) is 137 Å². The van der Waals surface area contributed by atoms with Crippen molar-refractivity contribution in [3.63, 3.8) is 0 Å². The Labute approximate surface area is 155 Å². The van der Waals surface area contributed by atoms with Crippen molar-refractivity contribution in [3.05, 3.63) is 35.9 Å². The standard InChI is InChI=1S/C7H14.C7H8.C5H12.C3H8.C2H6/c2*1-7-5-3-2-4-6-7;1-5(2,3)4;1-3-2;1-2/h7H,2-6H2,1H3;2-6H,1H3;1-4H3;3H2,1-2H3;1-2H3. The van der Waals surface area contributed by atoms with E-state index in [2.05, 4.69) is 67.5 Å². The van der Waals surface area contributed by atoms with Crippen LogP contribution < -0.4 is 0 Å². The molecule has 1 saturated carbocycles. The molecule has 0 amide bonds. The first-order valence-corrected chi connectivity index (χ1v) is 10.2. The Hall–Kier alpha value is -0.780. The maximum atomic E-state index is 2.36. The van der Waals surface area contributed by atoms with E-state index in [9.17, 15) is 0 Å². The molecule has 24 heavy (non-hydrogen) atoms. The smallest absolute Gasteiger partial charge is 0.0398 e. The summed E-state index contributed by atoms with van der Waals surface area (Å²) >= 11 is 0. The van der Waals surface area contributed by atoms with Gasteiger partial charge in [0, 0.05) is 0 Å². The first-order valence-electron chi connectivity index (χ1n) is 10.2. The SMILES string of the molecule is CC.CC(C)(C)C.CC1CCCCC1.CCC.Cc1ccccc1. The van der Waals surface area contributed by atoms with Gasteiger partial charge in [0.2, 0.25) is 0 Å². The molecule has 1 aliphatic carbocycles. The van der Waals surface area contributed by atoms with E-state index in [0.717, 1.165) is 5.92 Å². The molecular formula is C24H48. The number of aryl methyl sites for hydroxylation is 1. The summed E-state index contributed by atoms with van der Waals surface area (Å²) in [6, 6.07) is 10.3. The van der Waals surface area contributed by atoms with Gasteiger partial charge in [-0.25, -0.2) is 0 Å². The maximum Gasteiger partial charge on any atom is -0.0398 e. The molecule has 0 spiro atoms. The van der Waals surface area contributed by atoms with Crippen molar-refractivity contribution in [1.29, 1.82) is 0 Å². The molecule has 0 atom stereocenters. The van der Waals surface area contributed by atoms with Crippen LogP contribution in [0.5, 0.6) is 0 Å². The highest BCUT2D eigenvalue weighted by atomic mass is 14.1. The minimum Gasteiger partial charge on any atom is -0.0683 e. The highest BCUT2D eigenvalue weighted by Crippen LogP contribution is 2.22. The van der Waals surface area contributed by atoms with Crippen LogP contribution in [0.3, 0.4) is 0 Å². The fourth-order valence-electron chi connectivity index (χ4n) is 1.84. The Balaban J connectivity index is -0.000000247. The third-order valence-corrected chi connectivity index (χ3v) is 2.83. The van der Waals surface area contributed by atoms with Crippen LogP contribution in [-0.2, 0) is 0 Å². The lowest BCUT2D eigenvalue weighted by molar-refractivity contribution is 0.385. The van der Waals surface area contributed by atoms with E-state index in [0.29, 0.717) is 5.41 Å². The highest BCUT2D eigenvalue weighted by molar-refractivity contribution is 5.11. The van der Waals surface area contributed by atoms with E-state index >= 15 is 0 Å². The zero-order valence-electron chi connectivity index (χ0n) is 18.7. The average molecular weight is 337 g/mol. The molecule has 1 aromatic carbocycles. The van der Waals surface area contributed by atoms with Gasteiger partial charge in [-0.3, -0.25) is 0 Å². The van der Waals surface area contributed by atoms with Gasteiger partial charge in [0.05, 0.1) is 0 Å². The molecule has 0 nitrogen and oxygen atoms in total. The largest absolute Gasteiger partial charge is 0.0683 e. The van der Waals surface area contributed by atoms with Gasteiger partial charge < -0.3 is 0 Å². The Bertz CT molecular complexity index is 293. The summed E-state index contributed by atoms with van der Waals surface area (Å²) in [5.74, 6) is 1.04. The van der Waals surface area contributed by atoms with Crippen molar-refractivity contribution >= 4 is 0 Å². The summed E-state index contributed by atoms with van der Waals surface area (Å²) in [7, 11) is 0. The number of rotatable bonds is 0. The molecule has 0 heteroatoms. The molecule has 1 aliphatic rings. The van der Waals surface area contributed by atoms with E-state index in [4.69, 9.17) is 0 Å². The van der Waals surface area contributed by atoms with E-state index in [1.54, 1.807) is 0 Å². The van der Waals surface area contributed by atoms with Gasteiger partial charge in [0.25, 0.3) is 0 Å². The van der Waals surface area contributed by atoms with Crippen molar-refractivity contribution in [1.82, 2.24) is 0 Å². The molecule has 0 saturated heterocycles.